The van der Waals surface area contributed by atoms with E-state index in [2.05, 4.69) is 15.0 Å². The van der Waals surface area contributed by atoms with Crippen LogP contribution < -0.4 is 0 Å². The highest BCUT2D eigenvalue weighted by atomic mass is 19.4. The number of halogens is 7. The van der Waals surface area contributed by atoms with E-state index in [1.54, 1.807) is 44.2 Å². The molecule has 2 aromatic heterocycles. The van der Waals surface area contributed by atoms with Gasteiger partial charge in [0.1, 0.15) is 5.69 Å². The minimum atomic E-state index is -6.17. The van der Waals surface area contributed by atoms with Gasteiger partial charge in [-0.3, -0.25) is 4.98 Å². The van der Waals surface area contributed by atoms with Crippen molar-refractivity contribution >= 4 is 11.7 Å². The summed E-state index contributed by atoms with van der Waals surface area (Å²) < 4.78 is 92.3. The lowest BCUT2D eigenvalue weighted by atomic mass is 9.92. The predicted octanol–water partition coefficient (Wildman–Crippen LogP) is 6.69. The van der Waals surface area contributed by atoms with E-state index >= 15 is 0 Å². The van der Waals surface area contributed by atoms with Crippen molar-refractivity contribution in [3.63, 3.8) is 0 Å². The third-order valence-electron chi connectivity index (χ3n) is 5.23. The number of aryl methyl sites for hydroxylation is 2. The van der Waals surface area contributed by atoms with Crippen molar-refractivity contribution in [1.82, 2.24) is 14.9 Å². The molecular formula is C24H21F7N4. The molecule has 11 heteroatoms. The van der Waals surface area contributed by atoms with Crippen molar-refractivity contribution in [2.45, 2.75) is 31.9 Å². The van der Waals surface area contributed by atoms with Crippen LogP contribution in [0.4, 0.5) is 36.6 Å². The first kappa shape index (κ1) is 26.1. The molecule has 0 radical (unpaired) electrons. The van der Waals surface area contributed by atoms with Crippen LogP contribution in [0, 0.1) is 13.8 Å². The summed E-state index contributed by atoms with van der Waals surface area (Å²) in [5.41, 5.74) is -4.20. The number of benzene rings is 1. The highest BCUT2D eigenvalue weighted by Crippen LogP contribution is 2.53. The summed E-state index contributed by atoms with van der Waals surface area (Å²) >= 11 is 0. The first-order chi connectivity index (χ1) is 16.1. The molecule has 0 N–H and O–H groups in total. The molecule has 0 fully saturated rings. The van der Waals surface area contributed by atoms with Gasteiger partial charge in [0.25, 0.3) is 0 Å². The molecule has 0 spiro atoms. The first-order valence-corrected chi connectivity index (χ1v) is 10.2. The summed E-state index contributed by atoms with van der Waals surface area (Å²) in [4.78, 5) is 14.9. The normalized spacial score (nSPS) is 13.2. The highest BCUT2D eigenvalue weighted by molar-refractivity contribution is 5.99. The zero-order valence-corrected chi connectivity index (χ0v) is 19.1. The van der Waals surface area contributed by atoms with Gasteiger partial charge in [-0.25, -0.2) is 14.4 Å². The smallest absolute Gasteiger partial charge is 0.361 e. The molecule has 0 unspecified atom stereocenters. The van der Waals surface area contributed by atoms with Crippen LogP contribution in [0.15, 0.2) is 59.9 Å². The van der Waals surface area contributed by atoms with Crippen molar-refractivity contribution in [2.24, 2.45) is 4.99 Å². The molecule has 35 heavy (non-hydrogen) atoms. The van der Waals surface area contributed by atoms with Crippen molar-refractivity contribution in [2.75, 3.05) is 14.1 Å². The number of aromatic nitrogens is 2. The number of aliphatic imine (C=N–C) groups is 1. The third kappa shape index (κ3) is 5.13. The van der Waals surface area contributed by atoms with Gasteiger partial charge < -0.3 is 4.90 Å². The molecule has 186 valence electrons. The topological polar surface area (TPSA) is 41.4 Å². The SMILES string of the molecule is Cc1ccc(/N=C(/c2ncc(-c3ccc(C(F)(C(F)(F)F)C(F)(F)F)cc3)cc2C)N(C)C)nc1. The van der Waals surface area contributed by atoms with Crippen LogP contribution in [0.25, 0.3) is 11.1 Å². The number of amidine groups is 1. The lowest BCUT2D eigenvalue weighted by Gasteiger charge is -2.30. The second-order valence-electron chi connectivity index (χ2n) is 8.14. The summed E-state index contributed by atoms with van der Waals surface area (Å²) in [6.07, 6.45) is -9.25. The molecule has 0 saturated heterocycles. The molecule has 0 saturated carbocycles. The van der Waals surface area contributed by atoms with Crippen molar-refractivity contribution in [1.29, 1.82) is 0 Å². The largest absolute Gasteiger partial charge is 0.435 e. The van der Waals surface area contributed by atoms with Crippen molar-refractivity contribution in [3.05, 3.63) is 77.2 Å². The van der Waals surface area contributed by atoms with Crippen LogP contribution >= 0.6 is 0 Å². The molecule has 2 heterocycles. The van der Waals surface area contributed by atoms with Gasteiger partial charge in [0.2, 0.25) is 0 Å². The molecule has 0 atom stereocenters. The fourth-order valence-electron chi connectivity index (χ4n) is 3.35. The Hall–Kier alpha value is -3.50. The van der Waals surface area contributed by atoms with Gasteiger partial charge in [0.15, 0.2) is 11.7 Å². The first-order valence-electron chi connectivity index (χ1n) is 10.2. The average Bonchev–Trinajstić information content (AvgIpc) is 2.77. The molecule has 0 amide bonds. The molecule has 0 aliphatic heterocycles. The number of hydrogen-bond acceptors (Lipinski definition) is 3. The van der Waals surface area contributed by atoms with Crippen molar-refractivity contribution < 1.29 is 30.7 Å². The Balaban J connectivity index is 1.98. The lowest BCUT2D eigenvalue weighted by molar-refractivity contribution is -0.348. The summed E-state index contributed by atoms with van der Waals surface area (Å²) in [5, 5.41) is 0. The Morgan fingerprint density at radius 3 is 1.83 bits per heavy atom. The summed E-state index contributed by atoms with van der Waals surface area (Å²) in [6, 6.07) is 8.22. The maximum absolute atomic E-state index is 14.3. The Morgan fingerprint density at radius 2 is 1.37 bits per heavy atom. The van der Waals surface area contributed by atoms with Gasteiger partial charge in [-0.05, 0) is 42.7 Å². The van der Waals surface area contributed by atoms with E-state index in [4.69, 9.17) is 0 Å². The van der Waals surface area contributed by atoms with Crippen LogP contribution in [-0.2, 0) is 5.67 Å². The van der Waals surface area contributed by atoms with E-state index in [9.17, 15) is 30.7 Å². The number of nitrogens with zero attached hydrogens (tertiary/aromatic N) is 4. The molecule has 3 rings (SSSR count). The zero-order chi connectivity index (χ0) is 26.2. The van der Waals surface area contributed by atoms with E-state index < -0.39 is 23.6 Å². The van der Waals surface area contributed by atoms with Gasteiger partial charge >= 0.3 is 18.0 Å². The van der Waals surface area contributed by atoms with E-state index in [1.165, 1.54) is 6.20 Å². The second-order valence-corrected chi connectivity index (χ2v) is 8.14. The van der Waals surface area contributed by atoms with Gasteiger partial charge in [0, 0.05) is 37.6 Å². The van der Waals surface area contributed by atoms with E-state index in [0.29, 0.717) is 40.6 Å². The molecule has 1 aromatic carbocycles. The number of alkyl halides is 7. The Labute approximate surface area is 197 Å². The summed E-state index contributed by atoms with van der Waals surface area (Å²) in [6.45, 7) is 3.63. The lowest BCUT2D eigenvalue weighted by Crippen LogP contribution is -2.50. The van der Waals surface area contributed by atoms with Crippen LogP contribution in [0.1, 0.15) is 22.4 Å². The molecule has 0 aliphatic rings. The fraction of sp³-hybridized carbons (Fsp3) is 0.292. The standard InChI is InChI=1S/C24H21F7N4/c1-14-5-10-19(32-12-14)34-21(35(3)4)20-15(2)11-17(13-33-20)16-6-8-18(9-7-16)22(25,23(26,27)28)24(29,30)31/h5-13H,1-4H3/b34-21-. The van der Waals surface area contributed by atoms with Gasteiger partial charge in [-0.1, -0.05) is 30.3 Å². The quantitative estimate of drug-likeness (QED) is 0.229. The third-order valence-corrected chi connectivity index (χ3v) is 5.23. The number of pyridine rings is 2. The van der Waals surface area contributed by atoms with E-state index in [-0.39, 0.29) is 5.56 Å². The molecular weight excluding hydrogens is 477 g/mol. The van der Waals surface area contributed by atoms with E-state index in [1.807, 2.05) is 13.0 Å². The second kappa shape index (κ2) is 9.27. The minimum absolute atomic E-state index is 0.270. The average molecular weight is 498 g/mol. The predicted molar refractivity (Wildman–Crippen MR) is 118 cm³/mol. The molecule has 0 bridgehead atoms. The van der Waals surface area contributed by atoms with Crippen LogP contribution in [0.3, 0.4) is 0 Å². The molecule has 3 aromatic rings. The Kier molecular flexibility index (Phi) is 6.92. The minimum Gasteiger partial charge on any atom is -0.361 e. The van der Waals surface area contributed by atoms with Gasteiger partial charge in [-0.2, -0.15) is 26.3 Å². The maximum Gasteiger partial charge on any atom is 0.435 e. The van der Waals surface area contributed by atoms with Crippen molar-refractivity contribution in [3.8, 4) is 11.1 Å². The van der Waals surface area contributed by atoms with Crippen LogP contribution in [-0.4, -0.2) is 47.2 Å². The Bertz CT molecular complexity index is 1200. The summed E-state index contributed by atoms with van der Waals surface area (Å²) in [5.74, 6) is 0.961. The summed E-state index contributed by atoms with van der Waals surface area (Å²) in [7, 11) is 3.54. The highest BCUT2D eigenvalue weighted by Gasteiger charge is 2.73. The van der Waals surface area contributed by atoms with Gasteiger partial charge in [-0.15, -0.1) is 0 Å². The molecule has 4 nitrogen and oxygen atoms in total. The monoisotopic (exact) mass is 498 g/mol. The van der Waals surface area contributed by atoms with Crippen LogP contribution in [0.5, 0.6) is 0 Å². The van der Waals surface area contributed by atoms with Gasteiger partial charge in [0.05, 0.1) is 0 Å². The Morgan fingerprint density at radius 1 is 0.771 bits per heavy atom. The fourth-order valence-corrected chi connectivity index (χ4v) is 3.35. The molecule has 0 aliphatic carbocycles. The number of rotatable bonds is 4. The van der Waals surface area contributed by atoms with Crippen LogP contribution in [0.2, 0.25) is 0 Å². The number of hydrogen-bond donors (Lipinski definition) is 0. The van der Waals surface area contributed by atoms with E-state index in [0.717, 1.165) is 17.7 Å². The maximum atomic E-state index is 14.3. The zero-order valence-electron chi connectivity index (χ0n) is 19.1.